The van der Waals surface area contributed by atoms with Gasteiger partial charge in [0.05, 0.1) is 5.52 Å². The lowest BCUT2D eigenvalue weighted by Crippen LogP contribution is -2.32. The van der Waals surface area contributed by atoms with E-state index < -0.39 is 5.82 Å². The first-order chi connectivity index (χ1) is 11.1. The second-order valence-corrected chi connectivity index (χ2v) is 5.52. The lowest BCUT2D eigenvalue weighted by atomic mass is 9.98. The molecule has 1 aliphatic rings. The molecule has 3 aromatic rings. The summed E-state index contributed by atoms with van der Waals surface area (Å²) in [5.74, 6) is -0.678. The van der Waals surface area contributed by atoms with Crippen LogP contribution in [0.4, 0.5) is 19.0 Å². The molecule has 3 nitrogen and oxygen atoms in total. The largest absolute Gasteiger partial charge is 0.351 e. The summed E-state index contributed by atoms with van der Waals surface area (Å²) < 4.78 is 41.4. The van der Waals surface area contributed by atoms with Crippen molar-refractivity contribution in [1.29, 1.82) is 0 Å². The Kier molecular flexibility index (Phi) is 3.18. The first-order valence-electron chi connectivity index (χ1n) is 7.24. The third kappa shape index (κ3) is 2.30. The third-order valence-electron chi connectivity index (χ3n) is 4.17. The molecule has 0 spiro atoms. The maximum atomic E-state index is 14.0. The van der Waals surface area contributed by atoms with Gasteiger partial charge < -0.3 is 4.90 Å². The van der Waals surface area contributed by atoms with Crippen LogP contribution in [0.2, 0.25) is 0 Å². The number of aromatic nitrogens is 2. The molecule has 0 unspecified atom stereocenters. The first-order valence-corrected chi connectivity index (χ1v) is 7.24. The Morgan fingerprint density at radius 3 is 2.52 bits per heavy atom. The molecule has 0 bridgehead atoms. The van der Waals surface area contributed by atoms with Crippen LogP contribution in [0.15, 0.2) is 36.7 Å². The first kappa shape index (κ1) is 14.0. The van der Waals surface area contributed by atoms with Gasteiger partial charge in [0.25, 0.3) is 0 Å². The predicted octanol–water partition coefficient (Wildman–Crippen LogP) is 3.61. The molecule has 4 rings (SSSR count). The van der Waals surface area contributed by atoms with Crippen molar-refractivity contribution in [2.24, 2.45) is 0 Å². The van der Waals surface area contributed by atoms with E-state index in [1.165, 1.54) is 18.5 Å². The van der Waals surface area contributed by atoms with Gasteiger partial charge in [-0.05, 0) is 42.3 Å². The molecular formula is C17H12F3N3. The Balaban J connectivity index is 1.81. The van der Waals surface area contributed by atoms with E-state index in [0.29, 0.717) is 40.8 Å². The minimum Gasteiger partial charge on any atom is -0.351 e. The van der Waals surface area contributed by atoms with Crippen LogP contribution in [-0.4, -0.2) is 16.5 Å². The van der Waals surface area contributed by atoms with E-state index >= 15 is 0 Å². The molecule has 116 valence electrons. The predicted molar refractivity (Wildman–Crippen MR) is 80.6 cm³/mol. The average Bonchev–Trinajstić information content (AvgIpc) is 2.57. The van der Waals surface area contributed by atoms with Crippen molar-refractivity contribution in [2.45, 2.75) is 13.0 Å². The van der Waals surface area contributed by atoms with Gasteiger partial charge in [0, 0.05) is 24.0 Å². The topological polar surface area (TPSA) is 29.0 Å². The fraction of sp³-hybridized carbons (Fsp3) is 0.176. The van der Waals surface area contributed by atoms with Gasteiger partial charge in [0.15, 0.2) is 0 Å². The second kappa shape index (κ2) is 5.22. The zero-order valence-electron chi connectivity index (χ0n) is 12.1. The highest BCUT2D eigenvalue weighted by atomic mass is 19.1. The molecule has 2 aromatic carbocycles. The van der Waals surface area contributed by atoms with Gasteiger partial charge in [-0.25, -0.2) is 23.1 Å². The molecule has 0 radical (unpaired) electrons. The minimum absolute atomic E-state index is 0.196. The molecule has 0 fully saturated rings. The number of halogens is 3. The summed E-state index contributed by atoms with van der Waals surface area (Å²) in [6.45, 7) is 0.678. The number of benzene rings is 2. The quantitative estimate of drug-likeness (QED) is 0.687. The normalized spacial score (nSPS) is 14.1. The van der Waals surface area contributed by atoms with E-state index in [1.807, 2.05) is 4.90 Å². The summed E-state index contributed by atoms with van der Waals surface area (Å²) in [5.41, 5.74) is 1.35. The molecule has 2 heterocycles. The summed E-state index contributed by atoms with van der Waals surface area (Å²) in [6, 6.07) is 6.56. The van der Waals surface area contributed by atoms with Gasteiger partial charge in [-0.1, -0.05) is 0 Å². The van der Waals surface area contributed by atoms with Crippen LogP contribution in [0.3, 0.4) is 0 Å². The van der Waals surface area contributed by atoms with Crippen molar-refractivity contribution in [3.05, 3.63) is 65.2 Å². The Hall–Kier alpha value is -2.63. The second-order valence-electron chi connectivity index (χ2n) is 5.52. The van der Waals surface area contributed by atoms with Crippen molar-refractivity contribution in [3.63, 3.8) is 0 Å². The lowest BCUT2D eigenvalue weighted by molar-refractivity contribution is 0.548. The average molecular weight is 315 g/mol. The van der Waals surface area contributed by atoms with E-state index in [0.717, 1.165) is 12.1 Å². The van der Waals surface area contributed by atoms with E-state index in [9.17, 15) is 13.2 Å². The standard InChI is InChI=1S/C17H12F3N3/c18-10-1-4-16-12(7-10)17(22-9-21-16)23-6-5-11-13(8-23)15(20)3-2-14(11)19/h1-4,7,9H,5-6,8H2. The molecule has 0 aliphatic carbocycles. The summed E-state index contributed by atoms with van der Waals surface area (Å²) in [4.78, 5) is 10.2. The summed E-state index contributed by atoms with van der Waals surface area (Å²) in [7, 11) is 0. The highest BCUT2D eigenvalue weighted by Gasteiger charge is 2.24. The smallest absolute Gasteiger partial charge is 0.140 e. The number of rotatable bonds is 1. The van der Waals surface area contributed by atoms with Crippen molar-refractivity contribution in [2.75, 3.05) is 11.4 Å². The van der Waals surface area contributed by atoms with Crippen LogP contribution in [0.25, 0.3) is 10.9 Å². The highest BCUT2D eigenvalue weighted by molar-refractivity contribution is 5.89. The van der Waals surface area contributed by atoms with Gasteiger partial charge in [-0.3, -0.25) is 0 Å². The zero-order chi connectivity index (χ0) is 16.0. The number of fused-ring (bicyclic) bond motifs is 2. The maximum Gasteiger partial charge on any atom is 0.140 e. The molecule has 0 saturated heterocycles. The Morgan fingerprint density at radius 1 is 0.913 bits per heavy atom. The monoisotopic (exact) mass is 315 g/mol. The van der Waals surface area contributed by atoms with Crippen LogP contribution in [0.5, 0.6) is 0 Å². The van der Waals surface area contributed by atoms with E-state index in [4.69, 9.17) is 0 Å². The van der Waals surface area contributed by atoms with E-state index in [1.54, 1.807) is 6.07 Å². The van der Waals surface area contributed by atoms with Crippen LogP contribution >= 0.6 is 0 Å². The number of hydrogen-bond acceptors (Lipinski definition) is 3. The Morgan fingerprint density at radius 2 is 1.70 bits per heavy atom. The van der Waals surface area contributed by atoms with Crippen LogP contribution in [0, 0.1) is 17.5 Å². The van der Waals surface area contributed by atoms with Gasteiger partial charge in [-0.2, -0.15) is 0 Å². The lowest BCUT2D eigenvalue weighted by Gasteiger charge is -2.30. The van der Waals surface area contributed by atoms with Crippen molar-refractivity contribution >= 4 is 16.7 Å². The SMILES string of the molecule is Fc1ccc2ncnc(N3CCc4c(F)ccc(F)c4C3)c2c1. The molecule has 0 N–H and O–H groups in total. The fourth-order valence-corrected chi connectivity index (χ4v) is 3.04. The summed E-state index contributed by atoms with van der Waals surface area (Å²) in [5, 5.41) is 0.563. The molecule has 23 heavy (non-hydrogen) atoms. The maximum absolute atomic E-state index is 14.0. The summed E-state index contributed by atoms with van der Waals surface area (Å²) in [6.07, 6.45) is 1.77. The van der Waals surface area contributed by atoms with Crippen molar-refractivity contribution < 1.29 is 13.2 Å². The molecule has 6 heteroatoms. The Labute approximate surface area is 130 Å². The highest BCUT2D eigenvalue weighted by Crippen LogP contribution is 2.30. The molecule has 0 saturated carbocycles. The molecule has 0 atom stereocenters. The van der Waals surface area contributed by atoms with Crippen LogP contribution in [-0.2, 0) is 13.0 Å². The van der Waals surface area contributed by atoms with Gasteiger partial charge in [0.2, 0.25) is 0 Å². The van der Waals surface area contributed by atoms with E-state index in [-0.39, 0.29) is 18.2 Å². The zero-order valence-corrected chi connectivity index (χ0v) is 12.1. The van der Waals surface area contributed by atoms with E-state index in [2.05, 4.69) is 9.97 Å². The minimum atomic E-state index is -0.435. The van der Waals surface area contributed by atoms with Gasteiger partial charge in [0.1, 0.15) is 29.6 Å². The molecule has 0 amide bonds. The van der Waals surface area contributed by atoms with Crippen molar-refractivity contribution in [3.8, 4) is 0 Å². The Bertz CT molecular complexity index is 911. The number of anilines is 1. The van der Waals surface area contributed by atoms with Gasteiger partial charge in [-0.15, -0.1) is 0 Å². The van der Waals surface area contributed by atoms with Crippen LogP contribution in [0.1, 0.15) is 11.1 Å². The molecule has 1 aromatic heterocycles. The van der Waals surface area contributed by atoms with Crippen LogP contribution < -0.4 is 4.90 Å². The van der Waals surface area contributed by atoms with Gasteiger partial charge >= 0.3 is 0 Å². The summed E-state index contributed by atoms with van der Waals surface area (Å²) >= 11 is 0. The number of hydrogen-bond donors (Lipinski definition) is 0. The molecular weight excluding hydrogens is 303 g/mol. The molecule has 1 aliphatic heterocycles. The van der Waals surface area contributed by atoms with Crippen molar-refractivity contribution in [1.82, 2.24) is 9.97 Å². The third-order valence-corrected chi connectivity index (χ3v) is 4.17. The fourth-order valence-electron chi connectivity index (χ4n) is 3.04. The number of nitrogens with zero attached hydrogens (tertiary/aromatic N) is 3.